The van der Waals surface area contributed by atoms with E-state index in [2.05, 4.69) is 10.1 Å². The fourth-order valence-electron chi connectivity index (χ4n) is 2.88. The van der Waals surface area contributed by atoms with Crippen LogP contribution in [0.5, 0.6) is 0 Å². The van der Waals surface area contributed by atoms with E-state index in [4.69, 9.17) is 4.74 Å². The lowest BCUT2D eigenvalue weighted by atomic mass is 10.1. The van der Waals surface area contributed by atoms with Gasteiger partial charge in [0.15, 0.2) is 5.69 Å². The van der Waals surface area contributed by atoms with E-state index < -0.39 is 5.97 Å². The van der Waals surface area contributed by atoms with Crippen molar-refractivity contribution in [3.63, 3.8) is 0 Å². The molecule has 0 radical (unpaired) electrons. The third kappa shape index (κ3) is 2.78. The van der Waals surface area contributed by atoms with Gasteiger partial charge in [-0.25, -0.2) is 9.31 Å². The maximum Gasteiger partial charge on any atom is 0.359 e. The van der Waals surface area contributed by atoms with E-state index >= 15 is 0 Å². The predicted molar refractivity (Wildman–Crippen MR) is 107 cm³/mol. The molecule has 1 N–H and O–H groups in total. The van der Waals surface area contributed by atoms with Crippen LogP contribution in [0, 0.1) is 3.57 Å². The number of H-pyrrole nitrogens is 1. The van der Waals surface area contributed by atoms with Crippen molar-refractivity contribution in [2.75, 3.05) is 6.61 Å². The van der Waals surface area contributed by atoms with Crippen molar-refractivity contribution in [1.82, 2.24) is 14.6 Å². The average Bonchev–Trinajstić information content (AvgIpc) is 2.98. The minimum atomic E-state index is -0.535. The Morgan fingerprint density at radius 2 is 2.00 bits per heavy atom. The van der Waals surface area contributed by atoms with Gasteiger partial charge in [-0.1, -0.05) is 36.4 Å². The second kappa shape index (κ2) is 6.56. The molecule has 0 aliphatic heterocycles. The Kier molecular flexibility index (Phi) is 4.23. The molecule has 0 saturated heterocycles. The normalized spacial score (nSPS) is 11.2. The number of nitrogens with zero attached hydrogens (tertiary/aromatic N) is 2. The number of carbonyl (C=O) groups excluding carboxylic acids is 1. The molecule has 0 saturated carbocycles. The van der Waals surface area contributed by atoms with Gasteiger partial charge in [-0.3, -0.25) is 4.79 Å². The van der Waals surface area contributed by atoms with E-state index in [1.54, 1.807) is 13.1 Å². The summed E-state index contributed by atoms with van der Waals surface area (Å²) in [4.78, 5) is 27.5. The quantitative estimate of drug-likeness (QED) is 0.375. The molecule has 0 aliphatic carbocycles. The van der Waals surface area contributed by atoms with E-state index in [1.165, 1.54) is 4.52 Å². The van der Waals surface area contributed by atoms with Crippen LogP contribution in [0.4, 0.5) is 0 Å². The Balaban J connectivity index is 1.88. The van der Waals surface area contributed by atoms with E-state index in [1.807, 2.05) is 65.1 Å². The fourth-order valence-corrected chi connectivity index (χ4v) is 3.70. The topological polar surface area (TPSA) is 76.5 Å². The Morgan fingerprint density at radius 3 is 2.77 bits per heavy atom. The maximum atomic E-state index is 12.6. The molecule has 0 unspecified atom stereocenters. The van der Waals surface area contributed by atoms with Crippen molar-refractivity contribution in [3.05, 3.63) is 68.3 Å². The number of aromatic nitrogens is 3. The summed E-state index contributed by atoms with van der Waals surface area (Å²) in [6.07, 6.45) is 1.71. The van der Waals surface area contributed by atoms with Gasteiger partial charge in [0, 0.05) is 5.56 Å². The smallest absolute Gasteiger partial charge is 0.359 e. The van der Waals surface area contributed by atoms with Crippen LogP contribution in [0.3, 0.4) is 0 Å². The van der Waals surface area contributed by atoms with E-state index in [0.717, 1.165) is 16.3 Å². The van der Waals surface area contributed by atoms with Crippen molar-refractivity contribution >= 4 is 44.8 Å². The van der Waals surface area contributed by atoms with Crippen molar-refractivity contribution in [3.8, 4) is 11.3 Å². The monoisotopic (exact) mass is 459 g/mol. The minimum absolute atomic E-state index is 0.147. The molecule has 0 bridgehead atoms. The summed E-state index contributed by atoms with van der Waals surface area (Å²) in [6, 6.07) is 14.0. The molecule has 0 atom stereocenters. The summed E-state index contributed by atoms with van der Waals surface area (Å²) in [5.41, 5.74) is 1.67. The highest BCUT2D eigenvalue weighted by Crippen LogP contribution is 2.24. The highest BCUT2D eigenvalue weighted by molar-refractivity contribution is 14.1. The van der Waals surface area contributed by atoms with Crippen LogP contribution in [0.1, 0.15) is 17.4 Å². The number of esters is 1. The van der Waals surface area contributed by atoms with Crippen LogP contribution in [-0.2, 0) is 4.74 Å². The van der Waals surface area contributed by atoms with Gasteiger partial charge in [-0.15, -0.1) is 0 Å². The molecule has 7 heteroatoms. The number of fused-ring (bicyclic) bond motifs is 2. The highest BCUT2D eigenvalue weighted by atomic mass is 127. The molecule has 0 amide bonds. The number of benzene rings is 2. The Morgan fingerprint density at radius 1 is 1.23 bits per heavy atom. The summed E-state index contributed by atoms with van der Waals surface area (Å²) in [6.45, 7) is 1.98. The fraction of sp³-hybridized carbons (Fsp3) is 0.105. The molecule has 6 nitrogen and oxygen atoms in total. The summed E-state index contributed by atoms with van der Waals surface area (Å²) >= 11 is 1.95. The molecule has 26 heavy (non-hydrogen) atoms. The van der Waals surface area contributed by atoms with Crippen LogP contribution < -0.4 is 5.56 Å². The van der Waals surface area contributed by atoms with E-state index in [0.29, 0.717) is 14.8 Å². The number of nitrogens with one attached hydrogen (secondary N) is 1. The van der Waals surface area contributed by atoms with Crippen molar-refractivity contribution in [2.24, 2.45) is 0 Å². The second-order valence-corrected chi connectivity index (χ2v) is 6.81. The van der Waals surface area contributed by atoms with Crippen LogP contribution in [0.25, 0.3) is 27.5 Å². The summed E-state index contributed by atoms with van der Waals surface area (Å²) in [5, 5.41) is 6.45. The highest BCUT2D eigenvalue weighted by Gasteiger charge is 2.21. The number of aromatic amines is 1. The largest absolute Gasteiger partial charge is 0.461 e. The van der Waals surface area contributed by atoms with E-state index in [-0.39, 0.29) is 17.9 Å². The molecule has 0 spiro atoms. The first-order valence-electron chi connectivity index (χ1n) is 8.06. The minimum Gasteiger partial charge on any atom is -0.461 e. The number of halogens is 1. The molecule has 2 aromatic carbocycles. The number of carbonyl (C=O) groups is 1. The Labute approximate surface area is 161 Å². The summed E-state index contributed by atoms with van der Waals surface area (Å²) < 4.78 is 6.93. The van der Waals surface area contributed by atoms with Gasteiger partial charge < -0.3 is 9.72 Å². The van der Waals surface area contributed by atoms with Gasteiger partial charge in [0.2, 0.25) is 0 Å². The van der Waals surface area contributed by atoms with Gasteiger partial charge in [0.1, 0.15) is 5.52 Å². The molecule has 0 aliphatic rings. The molecule has 2 heterocycles. The molecule has 4 rings (SSSR count). The van der Waals surface area contributed by atoms with Crippen LogP contribution in [0.2, 0.25) is 0 Å². The van der Waals surface area contributed by atoms with Gasteiger partial charge in [0.25, 0.3) is 5.56 Å². The molecular weight excluding hydrogens is 445 g/mol. The van der Waals surface area contributed by atoms with Gasteiger partial charge in [-0.05, 0) is 46.4 Å². The zero-order chi connectivity index (χ0) is 18.3. The summed E-state index contributed by atoms with van der Waals surface area (Å²) in [7, 11) is 0. The molecule has 2 aromatic heterocycles. The zero-order valence-electron chi connectivity index (χ0n) is 13.8. The first-order valence-corrected chi connectivity index (χ1v) is 9.14. The first-order chi connectivity index (χ1) is 12.6. The lowest BCUT2D eigenvalue weighted by Gasteiger charge is -2.05. The third-order valence-electron chi connectivity index (χ3n) is 4.10. The Bertz CT molecular complexity index is 1210. The third-order valence-corrected chi connectivity index (χ3v) is 5.12. The number of rotatable bonds is 3. The maximum absolute atomic E-state index is 12.6. The van der Waals surface area contributed by atoms with Gasteiger partial charge in [0.05, 0.1) is 22.1 Å². The number of hydrogen-bond donors (Lipinski definition) is 1. The lowest BCUT2D eigenvalue weighted by molar-refractivity contribution is 0.0518. The predicted octanol–water partition coefficient (Wildman–Crippen LogP) is 3.62. The average molecular weight is 459 g/mol. The second-order valence-electron chi connectivity index (χ2n) is 5.74. The standard InChI is InChI=1S/C19H14IN3O3/c1-2-26-19(25)16-15(20)17-18(24)21-14(10-23(17)22-16)13-8-7-11-5-3-4-6-12(11)9-13/h3-10H,2H2,1H3,(H,21,24). The molecule has 130 valence electrons. The van der Waals surface area contributed by atoms with Crippen LogP contribution in [0.15, 0.2) is 53.5 Å². The van der Waals surface area contributed by atoms with Gasteiger partial charge in [-0.2, -0.15) is 5.10 Å². The van der Waals surface area contributed by atoms with Crippen molar-refractivity contribution in [1.29, 1.82) is 0 Å². The molecule has 4 aromatic rings. The van der Waals surface area contributed by atoms with Crippen LogP contribution in [-0.4, -0.2) is 27.2 Å². The molecule has 0 fully saturated rings. The van der Waals surface area contributed by atoms with E-state index in [9.17, 15) is 9.59 Å². The zero-order valence-corrected chi connectivity index (χ0v) is 16.0. The summed E-state index contributed by atoms with van der Waals surface area (Å²) in [5.74, 6) is -0.535. The lowest BCUT2D eigenvalue weighted by Crippen LogP contribution is -2.11. The number of ether oxygens (including phenoxy) is 1. The van der Waals surface area contributed by atoms with Gasteiger partial charge >= 0.3 is 5.97 Å². The van der Waals surface area contributed by atoms with Crippen LogP contribution >= 0.6 is 22.6 Å². The van der Waals surface area contributed by atoms with Crippen molar-refractivity contribution in [2.45, 2.75) is 6.92 Å². The SMILES string of the molecule is CCOC(=O)c1nn2cc(-c3ccc4ccccc4c3)[nH]c(=O)c2c1I. The Hall–Kier alpha value is -2.68. The molecular formula is C19H14IN3O3. The van der Waals surface area contributed by atoms with Crippen molar-refractivity contribution < 1.29 is 9.53 Å². The first kappa shape index (κ1) is 16.8. The number of hydrogen-bond acceptors (Lipinski definition) is 4.